The zero-order chi connectivity index (χ0) is 22.1. The normalized spacial score (nSPS) is 11.3. The van der Waals surface area contributed by atoms with Gasteiger partial charge in [0.05, 0.1) is 11.7 Å². The van der Waals surface area contributed by atoms with Gasteiger partial charge in [-0.05, 0) is 73.2 Å². The Balaban J connectivity index is 0.00000480. The van der Waals surface area contributed by atoms with E-state index < -0.39 is 6.04 Å². The van der Waals surface area contributed by atoms with E-state index in [9.17, 15) is 15.0 Å². The van der Waals surface area contributed by atoms with Crippen molar-refractivity contribution in [2.24, 2.45) is 11.5 Å². The van der Waals surface area contributed by atoms with Crippen LogP contribution in [-0.4, -0.2) is 28.7 Å². The standard InChI is InChI=1S/C24H31N3O3.ClH/c1-3-7-16-13-19(17-10-11-22(28)18(15-17)8-4-2)23(29)21(14-16)27-24(30)20(26)9-5-6-12-25;/h3-4,10-11,13-15,20,28-29H,1-2,5-9,12,25-26H2,(H,27,30);1H/t20-;/m0./s1. The minimum absolute atomic E-state index is 0. The molecule has 0 aliphatic carbocycles. The molecule has 0 fully saturated rings. The Kier molecular flexibility index (Phi) is 10.8. The molecule has 6 nitrogen and oxygen atoms in total. The summed E-state index contributed by atoms with van der Waals surface area (Å²) in [6.45, 7) is 8.03. The van der Waals surface area contributed by atoms with Gasteiger partial charge in [-0.2, -0.15) is 0 Å². The van der Waals surface area contributed by atoms with Crippen molar-refractivity contribution in [3.8, 4) is 22.6 Å². The summed E-state index contributed by atoms with van der Waals surface area (Å²) in [6, 6.07) is 7.98. The van der Waals surface area contributed by atoms with E-state index in [0.717, 1.165) is 24.0 Å². The summed E-state index contributed by atoms with van der Waals surface area (Å²) in [6.07, 6.45) is 6.60. The van der Waals surface area contributed by atoms with Gasteiger partial charge < -0.3 is 27.0 Å². The van der Waals surface area contributed by atoms with Crippen molar-refractivity contribution < 1.29 is 15.0 Å². The Labute approximate surface area is 190 Å². The third kappa shape index (κ3) is 7.14. The first-order valence-electron chi connectivity index (χ1n) is 10.1. The average Bonchev–Trinajstić information content (AvgIpc) is 2.72. The monoisotopic (exact) mass is 445 g/mol. The molecule has 1 atom stereocenters. The maximum atomic E-state index is 12.5. The Hall–Kier alpha value is -2.80. The van der Waals surface area contributed by atoms with E-state index in [1.807, 2.05) is 6.07 Å². The highest BCUT2D eigenvalue weighted by Crippen LogP contribution is 2.38. The van der Waals surface area contributed by atoms with Gasteiger partial charge in [0.1, 0.15) is 11.5 Å². The molecule has 0 spiro atoms. The van der Waals surface area contributed by atoms with Crippen molar-refractivity contribution in [3.63, 3.8) is 0 Å². The molecule has 0 bridgehead atoms. The number of aromatic hydroxyl groups is 2. The zero-order valence-corrected chi connectivity index (χ0v) is 18.5. The molecule has 0 radical (unpaired) electrons. The summed E-state index contributed by atoms with van der Waals surface area (Å²) in [4.78, 5) is 12.5. The summed E-state index contributed by atoms with van der Waals surface area (Å²) in [7, 11) is 0. The van der Waals surface area contributed by atoms with E-state index in [0.29, 0.717) is 42.6 Å². The molecule has 168 valence electrons. The van der Waals surface area contributed by atoms with Gasteiger partial charge in [0.25, 0.3) is 0 Å². The van der Waals surface area contributed by atoms with Gasteiger partial charge in [-0.1, -0.05) is 24.6 Å². The molecular weight excluding hydrogens is 414 g/mol. The summed E-state index contributed by atoms with van der Waals surface area (Å²) in [5, 5.41) is 23.7. The van der Waals surface area contributed by atoms with Crippen LogP contribution in [0.2, 0.25) is 0 Å². The van der Waals surface area contributed by atoms with E-state index >= 15 is 0 Å². The molecule has 0 saturated carbocycles. The van der Waals surface area contributed by atoms with Gasteiger partial charge in [0.15, 0.2) is 0 Å². The number of unbranched alkanes of at least 4 members (excludes halogenated alkanes) is 1. The SMILES string of the molecule is C=CCc1cc(NC(=O)[C@@H](N)CCCCN)c(O)c(-c2ccc(O)c(CC=C)c2)c1.Cl. The number of phenols is 2. The van der Waals surface area contributed by atoms with Crippen LogP contribution in [0.1, 0.15) is 30.4 Å². The van der Waals surface area contributed by atoms with Crippen LogP contribution in [0.5, 0.6) is 11.5 Å². The van der Waals surface area contributed by atoms with Gasteiger partial charge in [-0.15, -0.1) is 25.6 Å². The smallest absolute Gasteiger partial charge is 0.241 e. The third-order valence-electron chi connectivity index (χ3n) is 4.87. The summed E-state index contributed by atoms with van der Waals surface area (Å²) >= 11 is 0. The van der Waals surface area contributed by atoms with Crippen LogP contribution in [0, 0.1) is 0 Å². The number of halogens is 1. The Bertz CT molecular complexity index is 915. The van der Waals surface area contributed by atoms with Crippen LogP contribution < -0.4 is 16.8 Å². The van der Waals surface area contributed by atoms with Crippen LogP contribution in [0.4, 0.5) is 5.69 Å². The second-order valence-corrected chi connectivity index (χ2v) is 7.25. The van der Waals surface area contributed by atoms with Gasteiger partial charge >= 0.3 is 0 Å². The fourth-order valence-electron chi connectivity index (χ4n) is 3.23. The second kappa shape index (κ2) is 12.8. The lowest BCUT2D eigenvalue weighted by Crippen LogP contribution is -2.35. The molecule has 0 saturated heterocycles. The molecule has 0 aliphatic rings. The topological polar surface area (TPSA) is 122 Å². The molecule has 1 amide bonds. The summed E-state index contributed by atoms with van der Waals surface area (Å²) in [5.74, 6) is -0.250. The average molecular weight is 446 g/mol. The molecule has 0 aromatic heterocycles. The minimum Gasteiger partial charge on any atom is -0.508 e. The van der Waals surface area contributed by atoms with Crippen LogP contribution in [0.15, 0.2) is 55.6 Å². The molecule has 7 N–H and O–H groups in total. The number of rotatable bonds is 11. The lowest BCUT2D eigenvalue weighted by atomic mass is 9.96. The van der Waals surface area contributed by atoms with Crippen LogP contribution in [0.3, 0.4) is 0 Å². The maximum absolute atomic E-state index is 12.5. The highest BCUT2D eigenvalue weighted by molar-refractivity contribution is 5.97. The molecule has 0 heterocycles. The fourth-order valence-corrected chi connectivity index (χ4v) is 3.23. The van der Waals surface area contributed by atoms with E-state index in [1.54, 1.807) is 36.4 Å². The fraction of sp³-hybridized carbons (Fsp3) is 0.292. The van der Waals surface area contributed by atoms with Crippen molar-refractivity contribution >= 4 is 24.0 Å². The first-order chi connectivity index (χ1) is 14.4. The molecule has 2 rings (SSSR count). The second-order valence-electron chi connectivity index (χ2n) is 7.25. The van der Waals surface area contributed by atoms with Gasteiger partial charge in [-0.3, -0.25) is 4.79 Å². The number of benzene rings is 2. The van der Waals surface area contributed by atoms with Gasteiger partial charge in [0.2, 0.25) is 5.91 Å². The van der Waals surface area contributed by atoms with E-state index in [2.05, 4.69) is 18.5 Å². The quantitative estimate of drug-likeness (QED) is 0.203. The number of phenolic OH excluding ortho intramolecular Hbond substituents is 2. The number of carbonyl (C=O) groups excluding carboxylic acids is 1. The number of nitrogens with one attached hydrogen (secondary N) is 1. The molecule has 0 unspecified atom stereocenters. The Morgan fingerprint density at radius 2 is 1.81 bits per heavy atom. The Morgan fingerprint density at radius 1 is 1.10 bits per heavy atom. The van der Waals surface area contributed by atoms with Crippen molar-refractivity contribution in [1.82, 2.24) is 0 Å². The molecule has 2 aromatic carbocycles. The molecular formula is C24H32ClN3O3. The van der Waals surface area contributed by atoms with Crippen LogP contribution in [-0.2, 0) is 17.6 Å². The van der Waals surface area contributed by atoms with E-state index in [-0.39, 0.29) is 29.8 Å². The first kappa shape index (κ1) is 26.2. The molecule has 7 heteroatoms. The largest absolute Gasteiger partial charge is 0.508 e. The minimum atomic E-state index is -0.685. The Morgan fingerprint density at radius 3 is 2.45 bits per heavy atom. The number of allylic oxidation sites excluding steroid dienone is 2. The van der Waals surface area contributed by atoms with Gasteiger partial charge in [0, 0.05) is 5.56 Å². The van der Waals surface area contributed by atoms with Crippen molar-refractivity contribution in [3.05, 3.63) is 66.8 Å². The zero-order valence-electron chi connectivity index (χ0n) is 17.6. The summed E-state index contributed by atoms with van der Waals surface area (Å²) < 4.78 is 0. The van der Waals surface area contributed by atoms with E-state index in [1.165, 1.54) is 0 Å². The first-order valence-corrected chi connectivity index (χ1v) is 10.1. The van der Waals surface area contributed by atoms with Gasteiger partial charge in [-0.25, -0.2) is 0 Å². The molecule has 2 aromatic rings. The lowest BCUT2D eigenvalue weighted by molar-refractivity contribution is -0.117. The van der Waals surface area contributed by atoms with E-state index in [4.69, 9.17) is 11.5 Å². The highest BCUT2D eigenvalue weighted by Gasteiger charge is 2.18. The van der Waals surface area contributed by atoms with Crippen LogP contribution in [0.25, 0.3) is 11.1 Å². The third-order valence-corrected chi connectivity index (χ3v) is 4.87. The highest BCUT2D eigenvalue weighted by atomic mass is 35.5. The van der Waals surface area contributed by atoms with Crippen LogP contribution >= 0.6 is 12.4 Å². The number of anilines is 1. The van der Waals surface area contributed by atoms with Crippen molar-refractivity contribution in [2.45, 2.75) is 38.1 Å². The number of hydrogen-bond donors (Lipinski definition) is 5. The van der Waals surface area contributed by atoms with Crippen molar-refractivity contribution in [2.75, 3.05) is 11.9 Å². The molecule has 0 aliphatic heterocycles. The lowest BCUT2D eigenvalue weighted by Gasteiger charge is -2.17. The summed E-state index contributed by atoms with van der Waals surface area (Å²) in [5.41, 5.74) is 14.6. The number of nitrogens with two attached hydrogens (primary N) is 2. The number of hydrogen-bond acceptors (Lipinski definition) is 5. The maximum Gasteiger partial charge on any atom is 0.241 e. The predicted molar refractivity (Wildman–Crippen MR) is 130 cm³/mol. The molecule has 31 heavy (non-hydrogen) atoms. The predicted octanol–water partition coefficient (Wildman–Crippen LogP) is 4.04. The number of carbonyl (C=O) groups is 1. The van der Waals surface area contributed by atoms with Crippen molar-refractivity contribution in [1.29, 1.82) is 0 Å². The number of amides is 1.